The normalized spacial score (nSPS) is 13.6. The number of hydrogen-bond donors (Lipinski definition) is 2. The predicted octanol–water partition coefficient (Wildman–Crippen LogP) is 1.62. The first kappa shape index (κ1) is 16.5. The number of nitrogens with two attached hydrogens (primary N) is 1. The lowest BCUT2D eigenvalue weighted by Gasteiger charge is -2.21. The van der Waals surface area contributed by atoms with Crippen molar-refractivity contribution >= 4 is 5.97 Å². The van der Waals surface area contributed by atoms with Crippen LogP contribution in [0.1, 0.15) is 31.7 Å². The third-order valence-corrected chi connectivity index (χ3v) is 3.14. The summed E-state index contributed by atoms with van der Waals surface area (Å²) in [6, 6.07) is 7.37. The number of ether oxygens (including phenoxy) is 2. The van der Waals surface area contributed by atoms with Crippen LogP contribution in [0.15, 0.2) is 24.3 Å². The minimum Gasteiger partial charge on any atom is -0.493 e. The molecule has 1 unspecified atom stereocenters. The van der Waals surface area contributed by atoms with Gasteiger partial charge in [-0.2, -0.15) is 0 Å². The van der Waals surface area contributed by atoms with Crippen LogP contribution in [0.4, 0.5) is 0 Å². The van der Waals surface area contributed by atoms with Crippen molar-refractivity contribution in [3.8, 4) is 5.75 Å². The first-order valence-electron chi connectivity index (χ1n) is 6.70. The smallest absolute Gasteiger partial charge is 0.325 e. The predicted molar refractivity (Wildman–Crippen MR) is 76.3 cm³/mol. The number of carbonyl (C=O) groups is 1. The number of methoxy groups -OCH3 is 1. The molecule has 1 atom stereocenters. The van der Waals surface area contributed by atoms with Gasteiger partial charge >= 0.3 is 5.97 Å². The van der Waals surface area contributed by atoms with Gasteiger partial charge in [-0.1, -0.05) is 18.2 Å². The van der Waals surface area contributed by atoms with E-state index < -0.39 is 11.5 Å². The van der Waals surface area contributed by atoms with Gasteiger partial charge in [0.1, 0.15) is 11.3 Å². The summed E-state index contributed by atoms with van der Waals surface area (Å²) in [7, 11) is 1.34. The van der Waals surface area contributed by atoms with E-state index in [9.17, 15) is 4.79 Å². The van der Waals surface area contributed by atoms with Crippen LogP contribution in [-0.2, 0) is 16.1 Å². The van der Waals surface area contributed by atoms with E-state index in [-0.39, 0.29) is 6.61 Å². The van der Waals surface area contributed by atoms with E-state index in [1.807, 2.05) is 24.3 Å². The highest BCUT2D eigenvalue weighted by Gasteiger charge is 2.28. The Morgan fingerprint density at radius 3 is 2.70 bits per heavy atom. The zero-order chi connectivity index (χ0) is 15.0. The third-order valence-electron chi connectivity index (χ3n) is 3.14. The van der Waals surface area contributed by atoms with E-state index in [1.54, 1.807) is 6.92 Å². The Bertz CT molecular complexity index is 432. The lowest BCUT2D eigenvalue weighted by molar-refractivity contribution is -0.146. The fourth-order valence-corrected chi connectivity index (χ4v) is 1.89. The summed E-state index contributed by atoms with van der Waals surface area (Å²) in [5.74, 6) is 0.294. The van der Waals surface area contributed by atoms with Crippen molar-refractivity contribution in [3.05, 3.63) is 29.8 Å². The topological polar surface area (TPSA) is 81.8 Å². The molecule has 0 aliphatic heterocycles. The number of aliphatic hydroxyl groups excluding tert-OH is 1. The molecule has 0 spiro atoms. The highest BCUT2D eigenvalue weighted by Crippen LogP contribution is 2.18. The average Bonchev–Trinajstić information content (AvgIpc) is 2.46. The molecule has 0 heterocycles. The average molecular weight is 281 g/mol. The van der Waals surface area contributed by atoms with Gasteiger partial charge in [0, 0.05) is 5.56 Å². The molecule has 0 saturated heterocycles. The summed E-state index contributed by atoms with van der Waals surface area (Å²) in [4.78, 5) is 11.4. The number of para-hydroxylation sites is 1. The number of aliphatic hydroxyl groups is 1. The fraction of sp³-hybridized carbons (Fsp3) is 0.533. The highest BCUT2D eigenvalue weighted by molar-refractivity contribution is 5.79. The first-order chi connectivity index (χ1) is 9.51. The second kappa shape index (κ2) is 7.87. The van der Waals surface area contributed by atoms with Crippen molar-refractivity contribution in [2.75, 3.05) is 13.7 Å². The summed E-state index contributed by atoms with van der Waals surface area (Å²) in [5.41, 5.74) is 5.68. The molecule has 0 aliphatic carbocycles. The molecule has 1 aromatic carbocycles. The van der Waals surface area contributed by atoms with Crippen LogP contribution in [0.2, 0.25) is 0 Å². The molecule has 20 heavy (non-hydrogen) atoms. The molecule has 0 bridgehead atoms. The van der Waals surface area contributed by atoms with E-state index in [0.717, 1.165) is 18.4 Å². The molecule has 112 valence electrons. The molecule has 5 heteroatoms. The van der Waals surface area contributed by atoms with E-state index in [2.05, 4.69) is 4.74 Å². The monoisotopic (exact) mass is 281 g/mol. The van der Waals surface area contributed by atoms with Gasteiger partial charge in [0.15, 0.2) is 0 Å². The van der Waals surface area contributed by atoms with E-state index >= 15 is 0 Å². The zero-order valence-electron chi connectivity index (χ0n) is 12.1. The van der Waals surface area contributed by atoms with Gasteiger partial charge in [0.05, 0.1) is 20.3 Å². The Balaban J connectivity index is 2.30. The molecule has 5 nitrogen and oxygen atoms in total. The van der Waals surface area contributed by atoms with E-state index in [1.165, 1.54) is 7.11 Å². The minimum atomic E-state index is -0.947. The van der Waals surface area contributed by atoms with Crippen molar-refractivity contribution < 1.29 is 19.4 Å². The maximum atomic E-state index is 11.4. The summed E-state index contributed by atoms with van der Waals surface area (Å²) >= 11 is 0. The van der Waals surface area contributed by atoms with Crippen LogP contribution in [-0.4, -0.2) is 30.3 Å². The minimum absolute atomic E-state index is 0.0423. The Morgan fingerprint density at radius 1 is 1.35 bits per heavy atom. The number of hydrogen-bond acceptors (Lipinski definition) is 5. The summed E-state index contributed by atoms with van der Waals surface area (Å²) in [5, 5.41) is 9.17. The standard InChI is InChI=1S/C15H23NO4/c1-15(16,14(18)19-2)9-5-6-10-20-13-8-4-3-7-12(13)11-17/h3-4,7-8,17H,5-6,9-11,16H2,1-2H3. The molecule has 1 rings (SSSR count). The SMILES string of the molecule is COC(=O)C(C)(N)CCCCOc1ccccc1CO. The Labute approximate surface area is 119 Å². The maximum Gasteiger partial charge on any atom is 0.325 e. The number of unbranched alkanes of at least 4 members (excludes halogenated alkanes) is 1. The van der Waals surface area contributed by atoms with Crippen LogP contribution >= 0.6 is 0 Å². The number of esters is 1. The summed E-state index contributed by atoms with van der Waals surface area (Å²) < 4.78 is 10.3. The second-order valence-corrected chi connectivity index (χ2v) is 4.98. The second-order valence-electron chi connectivity index (χ2n) is 4.98. The molecule has 0 amide bonds. The van der Waals surface area contributed by atoms with Crippen molar-refractivity contribution in [2.24, 2.45) is 5.73 Å². The molecule has 3 N–H and O–H groups in total. The third kappa shape index (κ3) is 4.83. The van der Waals surface area contributed by atoms with Gasteiger partial charge < -0.3 is 20.3 Å². The number of benzene rings is 1. The van der Waals surface area contributed by atoms with E-state index in [0.29, 0.717) is 18.8 Å². The molecule has 1 aromatic rings. The molecule has 0 aliphatic rings. The molecule has 0 fully saturated rings. The van der Waals surface area contributed by atoms with Gasteiger partial charge in [-0.15, -0.1) is 0 Å². The van der Waals surface area contributed by atoms with Gasteiger partial charge in [-0.05, 0) is 32.3 Å². The number of rotatable bonds is 8. The van der Waals surface area contributed by atoms with E-state index in [4.69, 9.17) is 15.6 Å². The Kier molecular flexibility index (Phi) is 6.48. The van der Waals surface area contributed by atoms with Gasteiger partial charge in [-0.25, -0.2) is 0 Å². The lowest BCUT2D eigenvalue weighted by Crippen LogP contribution is -2.45. The molecule has 0 radical (unpaired) electrons. The largest absolute Gasteiger partial charge is 0.493 e. The van der Waals surface area contributed by atoms with Gasteiger partial charge in [0.25, 0.3) is 0 Å². The molecule has 0 saturated carbocycles. The Morgan fingerprint density at radius 2 is 2.05 bits per heavy atom. The molecule has 0 aromatic heterocycles. The van der Waals surface area contributed by atoms with Crippen LogP contribution < -0.4 is 10.5 Å². The quantitative estimate of drug-likeness (QED) is 0.559. The Hall–Kier alpha value is -1.59. The van der Waals surface area contributed by atoms with Crippen molar-refractivity contribution in [2.45, 2.75) is 38.3 Å². The van der Waals surface area contributed by atoms with Gasteiger partial charge in [-0.3, -0.25) is 4.79 Å². The molecular weight excluding hydrogens is 258 g/mol. The first-order valence-corrected chi connectivity index (χ1v) is 6.70. The molecular formula is C15H23NO4. The van der Waals surface area contributed by atoms with Crippen molar-refractivity contribution in [3.63, 3.8) is 0 Å². The number of carbonyl (C=O) groups excluding carboxylic acids is 1. The lowest BCUT2D eigenvalue weighted by atomic mass is 9.96. The van der Waals surface area contributed by atoms with Crippen molar-refractivity contribution in [1.29, 1.82) is 0 Å². The van der Waals surface area contributed by atoms with Crippen LogP contribution in [0, 0.1) is 0 Å². The maximum absolute atomic E-state index is 11.4. The summed E-state index contributed by atoms with van der Waals surface area (Å²) in [6.07, 6.45) is 2.09. The van der Waals surface area contributed by atoms with Crippen molar-refractivity contribution in [1.82, 2.24) is 0 Å². The van der Waals surface area contributed by atoms with Crippen LogP contribution in [0.5, 0.6) is 5.75 Å². The summed E-state index contributed by atoms with van der Waals surface area (Å²) in [6.45, 7) is 2.15. The van der Waals surface area contributed by atoms with Gasteiger partial charge in [0.2, 0.25) is 0 Å². The highest BCUT2D eigenvalue weighted by atomic mass is 16.5. The van der Waals surface area contributed by atoms with Crippen LogP contribution in [0.3, 0.4) is 0 Å². The zero-order valence-corrected chi connectivity index (χ0v) is 12.1. The van der Waals surface area contributed by atoms with Crippen LogP contribution in [0.25, 0.3) is 0 Å². The fourth-order valence-electron chi connectivity index (χ4n) is 1.89.